The SMILES string of the molecule is [CH2-]c1ccc2[nH]ccc(=O)c2c1[CH2-].[Y]. The maximum absolute atomic E-state index is 11.5. The molecule has 0 atom stereocenters. The van der Waals surface area contributed by atoms with Crippen molar-refractivity contribution in [2.45, 2.75) is 0 Å². The number of pyridine rings is 1. The van der Waals surface area contributed by atoms with Crippen LogP contribution in [0.4, 0.5) is 0 Å². The van der Waals surface area contributed by atoms with Gasteiger partial charge in [-0.25, -0.2) is 6.07 Å². The van der Waals surface area contributed by atoms with Gasteiger partial charge < -0.3 is 9.78 Å². The Morgan fingerprint density at radius 1 is 1.14 bits per heavy atom. The molecule has 0 fully saturated rings. The van der Waals surface area contributed by atoms with Gasteiger partial charge in [0.15, 0.2) is 0 Å². The molecule has 0 bridgehead atoms. The fourth-order valence-corrected chi connectivity index (χ4v) is 1.38. The zero-order valence-corrected chi connectivity index (χ0v) is 10.5. The second-order valence-corrected chi connectivity index (χ2v) is 2.97. The Hall–Kier alpha value is -0.726. The Bertz CT molecular complexity index is 516. The normalized spacial score (nSPS) is 9.71. The average Bonchev–Trinajstić information content (AvgIpc) is 2.12. The number of aromatic amines is 1. The second-order valence-electron chi connectivity index (χ2n) is 2.97. The van der Waals surface area contributed by atoms with Gasteiger partial charge in [0.05, 0.1) is 0 Å². The molecule has 2 rings (SSSR count). The number of aromatic nitrogens is 1. The molecule has 0 aliphatic heterocycles. The molecule has 1 N–H and O–H groups in total. The number of fused-ring (bicyclic) bond motifs is 1. The first kappa shape index (κ1) is 11.3. The van der Waals surface area contributed by atoms with E-state index >= 15 is 0 Å². The van der Waals surface area contributed by atoms with Crippen LogP contribution in [0.5, 0.6) is 0 Å². The van der Waals surface area contributed by atoms with E-state index in [2.05, 4.69) is 18.8 Å². The predicted molar refractivity (Wildman–Crippen MR) is 53.5 cm³/mol. The Morgan fingerprint density at radius 3 is 2.57 bits per heavy atom. The van der Waals surface area contributed by atoms with Crippen LogP contribution in [0.3, 0.4) is 0 Å². The average molecular weight is 260 g/mol. The summed E-state index contributed by atoms with van der Waals surface area (Å²) < 4.78 is 0. The number of rotatable bonds is 0. The van der Waals surface area contributed by atoms with Crippen LogP contribution in [0.15, 0.2) is 29.2 Å². The van der Waals surface area contributed by atoms with E-state index in [0.29, 0.717) is 10.9 Å². The molecular weight excluding hydrogens is 251 g/mol. The quantitative estimate of drug-likeness (QED) is 0.721. The summed E-state index contributed by atoms with van der Waals surface area (Å²) in [4.78, 5) is 14.5. The third kappa shape index (κ3) is 1.72. The van der Waals surface area contributed by atoms with E-state index in [1.165, 1.54) is 6.07 Å². The third-order valence-electron chi connectivity index (χ3n) is 2.13. The molecule has 69 valence electrons. The first-order valence-electron chi connectivity index (χ1n) is 3.98. The fraction of sp³-hybridized carbons (Fsp3) is 0. The fourth-order valence-electron chi connectivity index (χ4n) is 1.38. The Balaban J connectivity index is 0.000000980. The minimum Gasteiger partial charge on any atom is -0.373 e. The van der Waals surface area contributed by atoms with Gasteiger partial charge in [-0.15, -0.1) is 11.5 Å². The molecule has 0 aliphatic rings. The van der Waals surface area contributed by atoms with Crippen molar-refractivity contribution in [3.63, 3.8) is 0 Å². The van der Waals surface area contributed by atoms with Crippen molar-refractivity contribution in [2.24, 2.45) is 0 Å². The molecule has 0 unspecified atom stereocenters. The van der Waals surface area contributed by atoms with E-state index < -0.39 is 0 Å². The molecular formula is C11H9NOY-2. The van der Waals surface area contributed by atoms with Gasteiger partial charge in [-0.05, 0) is 11.6 Å². The molecule has 0 spiro atoms. The molecule has 2 aromatic rings. The van der Waals surface area contributed by atoms with Crippen LogP contribution in [-0.2, 0) is 32.7 Å². The number of H-pyrrole nitrogens is 1. The summed E-state index contributed by atoms with van der Waals surface area (Å²) in [6.45, 7) is 7.62. The van der Waals surface area contributed by atoms with Gasteiger partial charge in [0.2, 0.25) is 0 Å². The molecule has 1 heterocycles. The summed E-state index contributed by atoms with van der Waals surface area (Å²) in [7, 11) is 0. The van der Waals surface area contributed by atoms with Crippen LogP contribution in [-0.4, -0.2) is 4.98 Å². The van der Waals surface area contributed by atoms with Gasteiger partial charge in [0, 0.05) is 38.9 Å². The Kier molecular flexibility index (Phi) is 3.40. The molecule has 3 heteroatoms. The minimum absolute atomic E-state index is 0. The standard InChI is InChI=1S/C11H9NO.Y/c1-7-3-4-9-11(8(7)2)10(13)5-6-12-9;/h3-6H,1-2H2,(H,12,13);/q-2;. The van der Waals surface area contributed by atoms with Crippen molar-refractivity contribution < 1.29 is 32.7 Å². The van der Waals surface area contributed by atoms with Gasteiger partial charge in [-0.2, -0.15) is 0 Å². The zero-order valence-electron chi connectivity index (χ0n) is 7.71. The number of hydrogen-bond donors (Lipinski definition) is 1. The van der Waals surface area contributed by atoms with Gasteiger partial charge in [-0.1, -0.05) is 0 Å². The minimum atomic E-state index is -0.00995. The molecule has 1 aromatic heterocycles. The summed E-state index contributed by atoms with van der Waals surface area (Å²) in [6.07, 6.45) is 1.63. The summed E-state index contributed by atoms with van der Waals surface area (Å²) in [6, 6.07) is 5.19. The van der Waals surface area contributed by atoms with E-state index in [1.807, 2.05) is 12.1 Å². The van der Waals surface area contributed by atoms with Crippen molar-refractivity contribution in [3.05, 3.63) is 59.6 Å². The van der Waals surface area contributed by atoms with Crippen LogP contribution >= 0.6 is 0 Å². The molecule has 1 radical (unpaired) electrons. The monoisotopic (exact) mass is 260 g/mol. The molecule has 0 saturated heterocycles. The van der Waals surface area contributed by atoms with Crippen LogP contribution in [0.2, 0.25) is 0 Å². The van der Waals surface area contributed by atoms with Gasteiger partial charge >= 0.3 is 0 Å². The third-order valence-corrected chi connectivity index (χ3v) is 2.13. The Labute approximate surface area is 108 Å². The van der Waals surface area contributed by atoms with E-state index in [-0.39, 0.29) is 38.1 Å². The summed E-state index contributed by atoms with van der Waals surface area (Å²) in [5.74, 6) is 0. The maximum Gasteiger partial charge on any atom is 0.123 e. The summed E-state index contributed by atoms with van der Waals surface area (Å²) in [5.41, 5.74) is 2.30. The predicted octanol–water partition coefficient (Wildman–Crippen LogP) is 1.89. The van der Waals surface area contributed by atoms with Gasteiger partial charge in [0.25, 0.3) is 0 Å². The van der Waals surface area contributed by atoms with Crippen molar-refractivity contribution in [3.8, 4) is 0 Å². The van der Waals surface area contributed by atoms with Crippen molar-refractivity contribution >= 4 is 10.9 Å². The van der Waals surface area contributed by atoms with E-state index in [9.17, 15) is 4.79 Å². The molecule has 0 saturated carbocycles. The second kappa shape index (κ2) is 4.20. The van der Waals surface area contributed by atoms with Gasteiger partial charge in [-0.3, -0.25) is 25.0 Å². The number of hydrogen-bond acceptors (Lipinski definition) is 1. The van der Waals surface area contributed by atoms with E-state index in [1.54, 1.807) is 6.20 Å². The van der Waals surface area contributed by atoms with Crippen molar-refractivity contribution in [1.82, 2.24) is 4.98 Å². The van der Waals surface area contributed by atoms with E-state index in [0.717, 1.165) is 11.1 Å². The molecule has 2 nitrogen and oxygen atoms in total. The van der Waals surface area contributed by atoms with E-state index in [4.69, 9.17) is 0 Å². The smallest absolute Gasteiger partial charge is 0.123 e. The number of nitrogens with one attached hydrogen (secondary N) is 1. The number of benzene rings is 1. The van der Waals surface area contributed by atoms with Crippen LogP contribution < -0.4 is 5.43 Å². The molecule has 1 aromatic carbocycles. The first-order chi connectivity index (χ1) is 6.20. The van der Waals surface area contributed by atoms with Crippen LogP contribution in [0.25, 0.3) is 10.9 Å². The first-order valence-corrected chi connectivity index (χ1v) is 3.98. The van der Waals surface area contributed by atoms with Gasteiger partial charge in [0.1, 0.15) is 5.43 Å². The largest absolute Gasteiger partial charge is 0.373 e. The topological polar surface area (TPSA) is 32.9 Å². The van der Waals surface area contributed by atoms with Crippen LogP contribution in [0, 0.1) is 13.8 Å². The van der Waals surface area contributed by atoms with Crippen LogP contribution in [0.1, 0.15) is 11.1 Å². The maximum atomic E-state index is 11.5. The molecule has 14 heavy (non-hydrogen) atoms. The molecule has 0 aliphatic carbocycles. The van der Waals surface area contributed by atoms with Crippen molar-refractivity contribution in [1.29, 1.82) is 0 Å². The summed E-state index contributed by atoms with van der Waals surface area (Å²) in [5, 5.41) is 0.634. The van der Waals surface area contributed by atoms with Crippen molar-refractivity contribution in [2.75, 3.05) is 0 Å². The molecule has 0 amide bonds. The Morgan fingerprint density at radius 2 is 1.86 bits per heavy atom. The summed E-state index contributed by atoms with van der Waals surface area (Å²) >= 11 is 0. The zero-order chi connectivity index (χ0) is 9.42.